The van der Waals surface area contributed by atoms with Crippen molar-refractivity contribution in [2.45, 2.75) is 102 Å². The largest absolute Gasteiger partial charge is 0.497 e. The summed E-state index contributed by atoms with van der Waals surface area (Å²) < 4.78 is 54.6. The zero-order valence-corrected chi connectivity index (χ0v) is 39.7. The molecule has 2 aliphatic carbocycles. The molecule has 0 bridgehead atoms. The lowest BCUT2D eigenvalue weighted by Crippen LogP contribution is -2.70. The third-order valence-electron chi connectivity index (χ3n) is 13.6. The van der Waals surface area contributed by atoms with E-state index in [1.807, 2.05) is 24.3 Å². The van der Waals surface area contributed by atoms with Gasteiger partial charge >= 0.3 is 12.2 Å². The summed E-state index contributed by atoms with van der Waals surface area (Å²) in [5.41, 5.74) is 3.37. The number of oxime groups is 1. The first-order chi connectivity index (χ1) is 33.7. The van der Waals surface area contributed by atoms with Gasteiger partial charge in [-0.2, -0.15) is 0 Å². The first-order valence-electron chi connectivity index (χ1n) is 24.1. The van der Waals surface area contributed by atoms with Crippen LogP contribution in [0.1, 0.15) is 88.2 Å². The Kier molecular flexibility index (Phi) is 16.5. The number of nitrogens with one attached hydrogen (secondary N) is 1. The fraction of sp³-hybridized carbons (Fsp3) is 0.519. The number of hydrogen-bond donors (Lipinski definition) is 3. The van der Waals surface area contributed by atoms with Crippen LogP contribution in [-0.2, 0) is 25.6 Å². The maximum atomic E-state index is 14.7. The van der Waals surface area contributed by atoms with Crippen molar-refractivity contribution >= 4 is 23.6 Å². The van der Waals surface area contributed by atoms with E-state index in [0.717, 1.165) is 42.4 Å². The van der Waals surface area contributed by atoms with E-state index in [2.05, 4.69) is 18.0 Å². The molecule has 5 aliphatic rings. The summed E-state index contributed by atoms with van der Waals surface area (Å²) >= 11 is 0. The lowest BCUT2D eigenvalue weighted by molar-refractivity contribution is -0.256. The number of ether oxygens (including phenoxy) is 9. The van der Waals surface area contributed by atoms with Gasteiger partial charge in [-0.1, -0.05) is 36.2 Å². The summed E-state index contributed by atoms with van der Waals surface area (Å²) in [6.07, 6.45) is 8.86. The molecule has 0 spiro atoms. The number of amides is 2. The second kappa shape index (κ2) is 23.1. The number of aliphatic hydroxyl groups is 2. The van der Waals surface area contributed by atoms with Gasteiger partial charge in [-0.05, 0) is 111 Å². The van der Waals surface area contributed by atoms with Crippen molar-refractivity contribution < 1.29 is 67.3 Å². The normalized spacial score (nSPS) is 24.7. The Morgan fingerprint density at radius 1 is 0.942 bits per heavy atom. The quantitative estimate of drug-likeness (QED) is 0.0521. The second-order valence-electron chi connectivity index (χ2n) is 17.8. The number of unbranched alkanes of at least 4 members (excludes halogenated alkanes) is 2. The fourth-order valence-corrected chi connectivity index (χ4v) is 10.5. The Morgan fingerprint density at radius 2 is 1.74 bits per heavy atom. The van der Waals surface area contributed by atoms with E-state index in [-0.39, 0.29) is 63.8 Å². The zero-order chi connectivity index (χ0) is 48.3. The number of anilines is 1. The molecule has 3 heterocycles. The van der Waals surface area contributed by atoms with Gasteiger partial charge in [0.05, 0.1) is 51.4 Å². The highest BCUT2D eigenvalue weighted by atomic mass is 16.8. The second-order valence-corrected chi connectivity index (χ2v) is 17.8. The lowest BCUT2D eigenvalue weighted by Gasteiger charge is -2.59. The molecular formula is C52H65N3O14. The van der Waals surface area contributed by atoms with Gasteiger partial charge < -0.3 is 57.7 Å². The Morgan fingerprint density at radius 3 is 2.49 bits per heavy atom. The minimum atomic E-state index is -1.57. The standard InChI is InChI=1S/C52H65N3O14/c1-5-24-66-52-46(55(51(59)62-6-2)31-33-16-20-43-45(26-33)65-32-64-43)30-41(54-69-47-15-9-12-25-63-47)38-27-34(13-7-10-22-56)37(14-8-11-23-57)48(49(38)52)39-28-36(18-21-42(39)68-52)67-50(58)53-40-19-17-35(60-3)29-44(40)61-4/h5,16-21,26-29,34,37,46-49,56-57H,1,6-15,22-25,30-32H2,2-4H3,(H,53,58). The number of fused-ring (bicyclic) bond motifs is 3. The van der Waals surface area contributed by atoms with E-state index < -0.39 is 42.1 Å². The predicted molar refractivity (Wildman–Crippen MR) is 254 cm³/mol. The van der Waals surface area contributed by atoms with Crippen molar-refractivity contribution in [3.63, 3.8) is 0 Å². The first kappa shape index (κ1) is 49.4. The van der Waals surface area contributed by atoms with Crippen molar-refractivity contribution in [2.75, 3.05) is 59.4 Å². The molecule has 7 unspecified atom stereocenters. The summed E-state index contributed by atoms with van der Waals surface area (Å²) in [5, 5.41) is 27.8. The summed E-state index contributed by atoms with van der Waals surface area (Å²) in [6.45, 7) is 6.79. The molecule has 69 heavy (non-hydrogen) atoms. The number of benzene rings is 3. The molecule has 8 rings (SSSR count). The number of aliphatic hydroxyl groups excluding tert-OH is 2. The highest BCUT2D eigenvalue weighted by Gasteiger charge is 2.66. The SMILES string of the molecule is C=CCOC12Oc3ccc(OC(=O)Nc4ccc(OC)cc4OC)cc3C3C(CCCCO)C(CCCCO)C=C(C(=NOC4CCCCO4)CC1N(Cc1ccc4c(c1)OCO4)C(=O)OCC)C32. The Balaban J connectivity index is 1.29. The molecule has 17 heteroatoms. The molecular weight excluding hydrogens is 891 g/mol. The van der Waals surface area contributed by atoms with Gasteiger partial charge in [0.2, 0.25) is 18.9 Å². The number of nitrogens with zero attached hydrogens (tertiary/aromatic N) is 2. The van der Waals surface area contributed by atoms with Gasteiger partial charge in [-0.25, -0.2) is 9.59 Å². The van der Waals surface area contributed by atoms with Crippen LogP contribution in [0.2, 0.25) is 0 Å². The summed E-state index contributed by atoms with van der Waals surface area (Å²) in [7, 11) is 3.05. The number of rotatable bonds is 21. The molecule has 0 radical (unpaired) electrons. The molecule has 3 aromatic rings. The third kappa shape index (κ3) is 10.9. The smallest absolute Gasteiger partial charge is 0.417 e. The van der Waals surface area contributed by atoms with E-state index in [4.69, 9.17) is 52.6 Å². The van der Waals surface area contributed by atoms with Crippen molar-refractivity contribution in [1.82, 2.24) is 4.90 Å². The Labute approximate surface area is 403 Å². The summed E-state index contributed by atoms with van der Waals surface area (Å²) in [6, 6.07) is 15.0. The van der Waals surface area contributed by atoms with E-state index in [1.165, 1.54) is 7.11 Å². The van der Waals surface area contributed by atoms with Crippen molar-refractivity contribution in [3.8, 4) is 34.5 Å². The molecule has 3 N–H and O–H groups in total. The van der Waals surface area contributed by atoms with Crippen molar-refractivity contribution in [3.05, 3.63) is 90.0 Å². The number of carbonyl (C=O) groups is 2. The molecule has 3 aromatic carbocycles. The van der Waals surface area contributed by atoms with Crippen LogP contribution in [0.25, 0.3) is 0 Å². The molecule has 17 nitrogen and oxygen atoms in total. The number of carbonyl (C=O) groups excluding carboxylic acids is 2. The molecule has 1 saturated heterocycles. The van der Waals surface area contributed by atoms with Gasteiger partial charge in [-0.15, -0.1) is 6.58 Å². The minimum Gasteiger partial charge on any atom is -0.497 e. The predicted octanol–water partition coefficient (Wildman–Crippen LogP) is 8.86. The number of hydrogen-bond acceptors (Lipinski definition) is 15. The zero-order valence-electron chi connectivity index (χ0n) is 39.7. The van der Waals surface area contributed by atoms with Crippen LogP contribution < -0.4 is 33.7 Å². The Bertz CT molecular complexity index is 2330. The van der Waals surface area contributed by atoms with Gasteiger partial charge in [-0.3, -0.25) is 10.2 Å². The van der Waals surface area contributed by atoms with E-state index in [0.29, 0.717) is 78.9 Å². The summed E-state index contributed by atoms with van der Waals surface area (Å²) in [5.74, 6) is 0.149. The summed E-state index contributed by atoms with van der Waals surface area (Å²) in [4.78, 5) is 36.3. The van der Waals surface area contributed by atoms with Gasteiger partial charge in [0.1, 0.15) is 29.0 Å². The third-order valence-corrected chi connectivity index (χ3v) is 13.6. The molecule has 2 amide bonds. The van der Waals surface area contributed by atoms with Crippen molar-refractivity contribution in [2.24, 2.45) is 22.9 Å². The average Bonchev–Trinajstić information content (AvgIpc) is 3.84. The maximum Gasteiger partial charge on any atom is 0.417 e. The highest BCUT2D eigenvalue weighted by Crippen LogP contribution is 2.62. The van der Waals surface area contributed by atoms with Crippen LogP contribution in [0.3, 0.4) is 0 Å². The molecule has 2 fully saturated rings. The van der Waals surface area contributed by atoms with Gasteiger partial charge in [0.15, 0.2) is 11.5 Å². The van der Waals surface area contributed by atoms with E-state index in [9.17, 15) is 19.8 Å². The van der Waals surface area contributed by atoms with Crippen LogP contribution in [0.15, 0.2) is 84.1 Å². The molecule has 0 aromatic heterocycles. The molecule has 7 atom stereocenters. The highest BCUT2D eigenvalue weighted by molar-refractivity contribution is 6.03. The number of allylic oxidation sites excluding steroid dienone is 1. The number of methoxy groups -OCH3 is 2. The lowest BCUT2D eigenvalue weighted by atomic mass is 9.55. The van der Waals surface area contributed by atoms with Crippen LogP contribution in [0.5, 0.6) is 34.5 Å². The molecule has 372 valence electrons. The van der Waals surface area contributed by atoms with Crippen LogP contribution in [0.4, 0.5) is 15.3 Å². The molecule has 1 saturated carbocycles. The monoisotopic (exact) mass is 955 g/mol. The Hall–Kier alpha value is -6.01. The van der Waals surface area contributed by atoms with Crippen LogP contribution in [-0.4, -0.2) is 105 Å². The van der Waals surface area contributed by atoms with Crippen LogP contribution in [0, 0.1) is 17.8 Å². The van der Waals surface area contributed by atoms with Crippen LogP contribution >= 0.6 is 0 Å². The fourth-order valence-electron chi connectivity index (χ4n) is 10.5. The molecule has 3 aliphatic heterocycles. The first-order valence-corrected chi connectivity index (χ1v) is 24.1. The topological polar surface area (TPSA) is 195 Å². The van der Waals surface area contributed by atoms with Crippen molar-refractivity contribution in [1.29, 1.82) is 0 Å². The van der Waals surface area contributed by atoms with E-state index in [1.54, 1.807) is 55.3 Å². The van der Waals surface area contributed by atoms with E-state index >= 15 is 0 Å². The maximum absolute atomic E-state index is 14.7. The van der Waals surface area contributed by atoms with Gasteiger partial charge in [0.25, 0.3) is 0 Å². The average molecular weight is 956 g/mol. The van der Waals surface area contributed by atoms with Gasteiger partial charge in [0, 0.05) is 50.1 Å². The minimum absolute atomic E-state index is 0.0308.